The minimum atomic E-state index is -1.28. The van der Waals surface area contributed by atoms with Crippen LogP contribution in [0.15, 0.2) is 78.9 Å². The summed E-state index contributed by atoms with van der Waals surface area (Å²) in [5.41, 5.74) is 0.499. The zero-order chi connectivity index (χ0) is 22.0. The molecule has 0 aromatic heterocycles. The van der Waals surface area contributed by atoms with Crippen molar-refractivity contribution in [1.29, 1.82) is 0 Å². The van der Waals surface area contributed by atoms with Crippen LogP contribution in [0, 0.1) is 0 Å². The van der Waals surface area contributed by atoms with Crippen LogP contribution in [-0.2, 0) is 10.2 Å². The summed E-state index contributed by atoms with van der Waals surface area (Å²) >= 11 is 0. The summed E-state index contributed by atoms with van der Waals surface area (Å²) < 4.78 is 5.87. The molecule has 0 spiro atoms. The average molecular weight is 415 g/mol. The Bertz CT molecular complexity index is 1090. The summed E-state index contributed by atoms with van der Waals surface area (Å²) in [5.74, 6) is 0.283. The first kappa shape index (κ1) is 20.7. The van der Waals surface area contributed by atoms with Crippen LogP contribution < -0.4 is 4.74 Å². The second-order valence-electron chi connectivity index (χ2n) is 7.94. The molecule has 5 nitrogen and oxygen atoms in total. The van der Waals surface area contributed by atoms with Crippen LogP contribution in [0.2, 0.25) is 0 Å². The van der Waals surface area contributed by atoms with Gasteiger partial charge in [-0.25, -0.2) is 0 Å². The van der Waals surface area contributed by atoms with Gasteiger partial charge in [-0.05, 0) is 54.8 Å². The fourth-order valence-corrected chi connectivity index (χ4v) is 4.41. The van der Waals surface area contributed by atoms with Crippen LogP contribution in [0.4, 0.5) is 0 Å². The smallest absolute Gasteiger partial charge is 0.316 e. The molecule has 1 N–H and O–H groups in total. The van der Waals surface area contributed by atoms with E-state index in [9.17, 15) is 14.7 Å². The van der Waals surface area contributed by atoms with E-state index in [2.05, 4.69) is 0 Å². The fraction of sp³-hybridized carbons (Fsp3) is 0.231. The number of hydrogen-bond donors (Lipinski definition) is 1. The molecule has 3 aromatic rings. The van der Waals surface area contributed by atoms with Crippen molar-refractivity contribution in [2.45, 2.75) is 31.7 Å². The van der Waals surface area contributed by atoms with Crippen molar-refractivity contribution >= 4 is 11.9 Å². The Balaban J connectivity index is 1.78. The van der Waals surface area contributed by atoms with Gasteiger partial charge in [-0.1, -0.05) is 55.5 Å². The van der Waals surface area contributed by atoms with Crippen molar-refractivity contribution in [3.63, 3.8) is 0 Å². The van der Waals surface area contributed by atoms with Crippen LogP contribution in [0.3, 0.4) is 0 Å². The average Bonchev–Trinajstić information content (AvgIpc) is 2.79. The Morgan fingerprint density at radius 3 is 2.23 bits per heavy atom. The zero-order valence-corrected chi connectivity index (χ0v) is 17.6. The number of rotatable bonds is 6. The van der Waals surface area contributed by atoms with E-state index < -0.39 is 17.4 Å². The van der Waals surface area contributed by atoms with Gasteiger partial charge in [0.25, 0.3) is 5.91 Å². The van der Waals surface area contributed by atoms with Crippen molar-refractivity contribution in [1.82, 2.24) is 4.90 Å². The number of fused-ring (bicyclic) bond motifs is 1. The van der Waals surface area contributed by atoms with E-state index in [0.29, 0.717) is 23.4 Å². The Labute approximate surface area is 181 Å². The third kappa shape index (κ3) is 3.56. The van der Waals surface area contributed by atoms with Crippen molar-refractivity contribution in [2.75, 3.05) is 6.54 Å². The molecule has 1 heterocycles. The lowest BCUT2D eigenvalue weighted by molar-refractivity contribution is -0.146. The number of nitrogens with zero attached hydrogens (tertiary/aromatic N) is 1. The third-order valence-electron chi connectivity index (χ3n) is 5.92. The number of carbonyl (C=O) groups excluding carboxylic acids is 1. The molecule has 158 valence electrons. The molecule has 31 heavy (non-hydrogen) atoms. The molecule has 1 aliphatic heterocycles. The lowest BCUT2D eigenvalue weighted by atomic mass is 9.68. The van der Waals surface area contributed by atoms with Gasteiger partial charge in [0, 0.05) is 12.1 Å². The summed E-state index contributed by atoms with van der Waals surface area (Å²) in [6, 6.07) is 23.2. The third-order valence-corrected chi connectivity index (χ3v) is 5.92. The number of benzene rings is 3. The molecule has 0 aliphatic carbocycles. The van der Waals surface area contributed by atoms with E-state index in [1.165, 1.54) is 0 Å². The first-order valence-electron chi connectivity index (χ1n) is 10.4. The van der Waals surface area contributed by atoms with Crippen LogP contribution in [-0.4, -0.2) is 28.4 Å². The van der Waals surface area contributed by atoms with Gasteiger partial charge >= 0.3 is 5.97 Å². The highest BCUT2D eigenvalue weighted by molar-refractivity contribution is 6.01. The minimum absolute atomic E-state index is 0.134. The van der Waals surface area contributed by atoms with E-state index in [1.807, 2.05) is 61.5 Å². The molecule has 0 saturated heterocycles. The van der Waals surface area contributed by atoms with Crippen molar-refractivity contribution < 1.29 is 19.4 Å². The number of carbonyl (C=O) groups is 2. The summed E-state index contributed by atoms with van der Waals surface area (Å²) in [6.07, 6.45) is 0.731. The summed E-state index contributed by atoms with van der Waals surface area (Å²) in [5, 5.41) is 10.3. The van der Waals surface area contributed by atoms with E-state index in [-0.39, 0.29) is 5.91 Å². The zero-order valence-electron chi connectivity index (χ0n) is 17.6. The minimum Gasteiger partial charge on any atom is -0.481 e. The predicted octanol–water partition coefficient (Wildman–Crippen LogP) is 5.43. The number of amides is 1. The van der Waals surface area contributed by atoms with Gasteiger partial charge in [0.05, 0.1) is 6.04 Å². The molecular formula is C26H25NO4. The van der Waals surface area contributed by atoms with Crippen molar-refractivity contribution in [3.8, 4) is 11.5 Å². The second kappa shape index (κ2) is 8.26. The van der Waals surface area contributed by atoms with Gasteiger partial charge in [-0.15, -0.1) is 0 Å². The van der Waals surface area contributed by atoms with E-state index in [4.69, 9.17) is 4.74 Å². The number of para-hydroxylation sites is 1. The van der Waals surface area contributed by atoms with E-state index in [1.54, 1.807) is 36.1 Å². The van der Waals surface area contributed by atoms with Crippen LogP contribution in [0.25, 0.3) is 0 Å². The highest BCUT2D eigenvalue weighted by atomic mass is 16.5. The molecule has 1 aliphatic rings. The molecule has 4 rings (SSSR count). The summed E-state index contributed by atoms with van der Waals surface area (Å²) in [4.78, 5) is 27.6. The standard InChI is InChI=1S/C26H25NO4/c1-3-17-27-23(18-13-15-20(16-14-18)31-19-9-5-4-6-10-19)26(2,25(29)30)22-12-8-7-11-21(22)24(27)28/h4-16,23H,3,17H2,1-2H3,(H,29,30)/t23-,26-/m0/s1. The van der Waals surface area contributed by atoms with Gasteiger partial charge in [-0.2, -0.15) is 0 Å². The molecule has 3 aromatic carbocycles. The van der Waals surface area contributed by atoms with Crippen LogP contribution in [0.1, 0.15) is 47.8 Å². The van der Waals surface area contributed by atoms with Crippen LogP contribution in [0.5, 0.6) is 11.5 Å². The first-order valence-corrected chi connectivity index (χ1v) is 10.4. The molecule has 5 heteroatoms. The molecule has 0 saturated carbocycles. The highest BCUT2D eigenvalue weighted by Crippen LogP contribution is 2.47. The lowest BCUT2D eigenvalue weighted by Crippen LogP contribution is -2.54. The van der Waals surface area contributed by atoms with E-state index >= 15 is 0 Å². The number of aliphatic carboxylic acids is 1. The quantitative estimate of drug-likeness (QED) is 0.583. The molecule has 2 atom stereocenters. The summed E-state index contributed by atoms with van der Waals surface area (Å²) in [6.45, 7) is 4.17. The Morgan fingerprint density at radius 1 is 0.968 bits per heavy atom. The SMILES string of the molecule is CCCN1C(=O)c2ccccc2[C@](C)(C(=O)O)[C@@H]1c1ccc(Oc2ccccc2)cc1. The maximum absolute atomic E-state index is 13.3. The Morgan fingerprint density at radius 2 is 1.58 bits per heavy atom. The summed E-state index contributed by atoms with van der Waals surface area (Å²) in [7, 11) is 0. The monoisotopic (exact) mass is 415 g/mol. The second-order valence-corrected chi connectivity index (χ2v) is 7.94. The Kier molecular flexibility index (Phi) is 5.51. The number of hydrogen-bond acceptors (Lipinski definition) is 3. The van der Waals surface area contributed by atoms with E-state index in [0.717, 1.165) is 17.7 Å². The molecule has 0 radical (unpaired) electrons. The number of ether oxygens (including phenoxy) is 1. The normalized spacial score (nSPS) is 20.3. The first-order chi connectivity index (χ1) is 15.0. The molecular weight excluding hydrogens is 390 g/mol. The van der Waals surface area contributed by atoms with Crippen molar-refractivity contribution in [2.24, 2.45) is 0 Å². The molecule has 0 fully saturated rings. The van der Waals surface area contributed by atoms with Gasteiger partial charge in [-0.3, -0.25) is 9.59 Å². The maximum Gasteiger partial charge on any atom is 0.316 e. The predicted molar refractivity (Wildman–Crippen MR) is 118 cm³/mol. The van der Waals surface area contributed by atoms with Gasteiger partial charge in [0.15, 0.2) is 0 Å². The largest absolute Gasteiger partial charge is 0.481 e. The lowest BCUT2D eigenvalue weighted by Gasteiger charge is -2.46. The highest BCUT2D eigenvalue weighted by Gasteiger charge is 2.53. The van der Waals surface area contributed by atoms with Crippen molar-refractivity contribution in [3.05, 3.63) is 95.6 Å². The molecule has 0 bridgehead atoms. The number of carboxylic acid groups (broad SMARTS) is 1. The van der Waals surface area contributed by atoms with Gasteiger partial charge in [0.1, 0.15) is 16.9 Å². The topological polar surface area (TPSA) is 66.8 Å². The molecule has 0 unspecified atom stereocenters. The maximum atomic E-state index is 13.3. The van der Waals surface area contributed by atoms with Gasteiger partial charge in [0.2, 0.25) is 0 Å². The van der Waals surface area contributed by atoms with Gasteiger partial charge < -0.3 is 14.7 Å². The van der Waals surface area contributed by atoms with Crippen LogP contribution >= 0.6 is 0 Å². The number of carboxylic acids is 1. The molecule has 1 amide bonds. The fourth-order valence-electron chi connectivity index (χ4n) is 4.41. The Hall–Kier alpha value is -3.60.